The summed E-state index contributed by atoms with van der Waals surface area (Å²) in [4.78, 5) is 17.0. The first-order valence-electron chi connectivity index (χ1n) is 8.61. The monoisotopic (exact) mass is 414 g/mol. The van der Waals surface area contributed by atoms with Crippen LogP contribution < -0.4 is 14.1 Å². The van der Waals surface area contributed by atoms with Crippen LogP contribution in [0.25, 0.3) is 0 Å². The van der Waals surface area contributed by atoms with Gasteiger partial charge in [-0.15, -0.1) is 0 Å². The predicted molar refractivity (Wildman–Crippen MR) is 106 cm³/mol. The molecule has 5 nitrogen and oxygen atoms in total. The van der Waals surface area contributed by atoms with Gasteiger partial charge >= 0.3 is 0 Å². The maximum Gasteiger partial charge on any atom is 0.282 e. The van der Waals surface area contributed by atoms with Gasteiger partial charge in [-0.05, 0) is 63.3 Å². The SMILES string of the molecule is COc1ccc(Cl)cc1C(=O)N=c1sn(C(C)(C)C)cc1OCCCCF. The summed E-state index contributed by atoms with van der Waals surface area (Å²) in [5.41, 5.74) is 0.0933. The van der Waals surface area contributed by atoms with Crippen LogP contribution in [0.3, 0.4) is 0 Å². The van der Waals surface area contributed by atoms with E-state index in [1.165, 1.54) is 24.7 Å². The van der Waals surface area contributed by atoms with Crippen LogP contribution in [0.5, 0.6) is 11.5 Å². The number of methoxy groups -OCH3 is 1. The molecule has 1 aromatic carbocycles. The molecule has 1 amide bonds. The van der Waals surface area contributed by atoms with Crippen LogP contribution in [0, 0.1) is 0 Å². The van der Waals surface area contributed by atoms with Gasteiger partial charge in [-0.1, -0.05) is 11.6 Å². The zero-order valence-corrected chi connectivity index (χ0v) is 17.5. The van der Waals surface area contributed by atoms with E-state index < -0.39 is 5.91 Å². The summed E-state index contributed by atoms with van der Waals surface area (Å²) in [5.74, 6) is 0.438. The lowest BCUT2D eigenvalue weighted by Gasteiger charge is -2.18. The molecule has 27 heavy (non-hydrogen) atoms. The second-order valence-corrected chi connectivity index (χ2v) is 8.29. The highest BCUT2D eigenvalue weighted by molar-refractivity contribution is 7.04. The van der Waals surface area contributed by atoms with Gasteiger partial charge in [-0.3, -0.25) is 13.1 Å². The van der Waals surface area contributed by atoms with Crippen LogP contribution in [0.1, 0.15) is 44.0 Å². The van der Waals surface area contributed by atoms with E-state index in [2.05, 4.69) is 4.99 Å². The van der Waals surface area contributed by atoms with E-state index in [0.717, 1.165) is 0 Å². The van der Waals surface area contributed by atoms with Gasteiger partial charge in [0.05, 0.1) is 32.2 Å². The normalized spacial score (nSPS) is 12.3. The molecule has 0 aliphatic heterocycles. The van der Waals surface area contributed by atoms with Crippen LogP contribution in [0.2, 0.25) is 5.02 Å². The lowest BCUT2D eigenvalue weighted by molar-refractivity contribution is 0.0995. The second kappa shape index (κ2) is 9.37. The molecule has 0 aliphatic carbocycles. The highest BCUT2D eigenvalue weighted by atomic mass is 35.5. The summed E-state index contributed by atoms with van der Waals surface area (Å²) in [6.45, 7) is 6.12. The molecule has 148 valence electrons. The minimum absolute atomic E-state index is 0.188. The number of hydrogen-bond acceptors (Lipinski definition) is 4. The van der Waals surface area contributed by atoms with Crippen molar-refractivity contribution in [1.82, 2.24) is 3.96 Å². The quantitative estimate of drug-likeness (QED) is 0.609. The van der Waals surface area contributed by atoms with Crippen LogP contribution in [-0.2, 0) is 5.54 Å². The number of rotatable bonds is 7. The van der Waals surface area contributed by atoms with Gasteiger partial charge in [0.15, 0.2) is 10.4 Å². The van der Waals surface area contributed by atoms with Gasteiger partial charge in [0.25, 0.3) is 5.91 Å². The lowest BCUT2D eigenvalue weighted by atomic mass is 10.1. The third-order valence-corrected chi connectivity index (χ3v) is 5.22. The van der Waals surface area contributed by atoms with Gasteiger partial charge in [0.2, 0.25) is 0 Å². The Morgan fingerprint density at radius 1 is 1.30 bits per heavy atom. The Morgan fingerprint density at radius 2 is 2.04 bits per heavy atom. The lowest BCUT2D eigenvalue weighted by Crippen LogP contribution is -2.18. The summed E-state index contributed by atoms with van der Waals surface area (Å²) in [6, 6.07) is 4.80. The average molecular weight is 415 g/mol. The molecule has 0 unspecified atom stereocenters. The molecule has 1 aromatic heterocycles. The number of halogens is 2. The molecule has 0 radical (unpaired) electrons. The Balaban J connectivity index is 2.41. The smallest absolute Gasteiger partial charge is 0.282 e. The molecule has 2 rings (SSSR count). The molecule has 0 fully saturated rings. The summed E-state index contributed by atoms with van der Waals surface area (Å²) in [6.07, 6.45) is 2.85. The van der Waals surface area contributed by atoms with E-state index in [-0.39, 0.29) is 17.8 Å². The van der Waals surface area contributed by atoms with E-state index in [9.17, 15) is 9.18 Å². The fourth-order valence-corrected chi connectivity index (χ4v) is 3.32. The molecule has 0 bridgehead atoms. The molecule has 0 saturated heterocycles. The number of amides is 1. The first kappa shape index (κ1) is 21.4. The zero-order chi connectivity index (χ0) is 20.0. The van der Waals surface area contributed by atoms with Gasteiger partial charge < -0.3 is 9.47 Å². The van der Waals surface area contributed by atoms with Crippen LogP contribution in [0.15, 0.2) is 29.4 Å². The molecular weight excluding hydrogens is 391 g/mol. The van der Waals surface area contributed by atoms with Crippen molar-refractivity contribution in [1.29, 1.82) is 0 Å². The maximum atomic E-state index is 12.7. The molecule has 0 N–H and O–H groups in total. The van der Waals surface area contributed by atoms with Crippen LogP contribution in [0.4, 0.5) is 4.39 Å². The molecule has 0 saturated carbocycles. The number of unbranched alkanes of at least 4 members (excludes halogenated alkanes) is 1. The first-order valence-corrected chi connectivity index (χ1v) is 9.76. The molecule has 0 spiro atoms. The number of ether oxygens (including phenoxy) is 2. The predicted octanol–water partition coefficient (Wildman–Crippen LogP) is 4.84. The number of carbonyl (C=O) groups is 1. The van der Waals surface area contributed by atoms with E-state index >= 15 is 0 Å². The van der Waals surface area contributed by atoms with Crippen LogP contribution in [-0.4, -0.2) is 30.3 Å². The van der Waals surface area contributed by atoms with Gasteiger partial charge in [-0.25, -0.2) is 0 Å². The third-order valence-electron chi connectivity index (χ3n) is 3.67. The number of benzene rings is 1. The summed E-state index contributed by atoms with van der Waals surface area (Å²) in [7, 11) is 1.48. The Hall–Kier alpha value is -1.86. The maximum absolute atomic E-state index is 12.7. The van der Waals surface area contributed by atoms with Gasteiger partial charge in [0.1, 0.15) is 5.75 Å². The molecule has 0 aliphatic rings. The Labute approximate surface area is 167 Å². The van der Waals surface area contributed by atoms with E-state index in [1.54, 1.807) is 12.1 Å². The Kier molecular flexibility index (Phi) is 7.44. The van der Waals surface area contributed by atoms with Crippen molar-refractivity contribution in [2.45, 2.75) is 39.2 Å². The summed E-state index contributed by atoms with van der Waals surface area (Å²) < 4.78 is 25.7. The highest BCUT2D eigenvalue weighted by Crippen LogP contribution is 2.24. The summed E-state index contributed by atoms with van der Waals surface area (Å²) >= 11 is 7.34. The highest BCUT2D eigenvalue weighted by Gasteiger charge is 2.18. The van der Waals surface area contributed by atoms with Crippen molar-refractivity contribution >= 4 is 29.0 Å². The molecular formula is C19H24ClFN2O3S. The van der Waals surface area contributed by atoms with Gasteiger partial charge in [0, 0.05) is 10.6 Å². The Bertz CT molecular complexity index is 855. The number of aromatic nitrogens is 1. The van der Waals surface area contributed by atoms with Crippen molar-refractivity contribution in [2.75, 3.05) is 20.4 Å². The molecule has 2 aromatic rings. The van der Waals surface area contributed by atoms with E-state index in [0.29, 0.717) is 40.6 Å². The van der Waals surface area contributed by atoms with E-state index in [1.807, 2.05) is 30.9 Å². The van der Waals surface area contributed by atoms with Crippen molar-refractivity contribution in [2.24, 2.45) is 4.99 Å². The topological polar surface area (TPSA) is 52.8 Å². The first-order chi connectivity index (χ1) is 12.8. The molecule has 0 atom stereocenters. The largest absolute Gasteiger partial charge is 0.496 e. The van der Waals surface area contributed by atoms with Crippen molar-refractivity contribution in [3.63, 3.8) is 0 Å². The number of nitrogens with zero attached hydrogens (tertiary/aromatic N) is 2. The Morgan fingerprint density at radius 3 is 2.67 bits per heavy atom. The van der Waals surface area contributed by atoms with Gasteiger partial charge in [-0.2, -0.15) is 4.99 Å². The number of alkyl halides is 1. The number of hydrogen-bond donors (Lipinski definition) is 0. The zero-order valence-electron chi connectivity index (χ0n) is 15.9. The minimum atomic E-state index is -0.467. The second-order valence-electron chi connectivity index (χ2n) is 6.89. The van der Waals surface area contributed by atoms with Crippen molar-refractivity contribution in [3.8, 4) is 11.5 Å². The standard InChI is InChI=1S/C19H24ClFN2O3S/c1-19(2,3)23-12-16(26-10-6-5-9-21)18(27-23)22-17(24)14-11-13(20)7-8-15(14)25-4/h7-8,11-12H,5-6,9-10H2,1-4H3. The minimum Gasteiger partial charge on any atom is -0.496 e. The number of carbonyl (C=O) groups excluding carboxylic acids is 1. The average Bonchev–Trinajstić information content (AvgIpc) is 3.01. The molecule has 1 heterocycles. The van der Waals surface area contributed by atoms with Crippen molar-refractivity contribution < 1.29 is 18.7 Å². The fourth-order valence-electron chi connectivity index (χ4n) is 2.21. The third kappa shape index (κ3) is 5.81. The summed E-state index contributed by atoms with van der Waals surface area (Å²) in [5, 5.41) is 0.424. The van der Waals surface area contributed by atoms with Crippen LogP contribution >= 0.6 is 23.1 Å². The molecule has 8 heteroatoms. The fraction of sp³-hybridized carbons (Fsp3) is 0.474. The van der Waals surface area contributed by atoms with E-state index in [4.69, 9.17) is 21.1 Å². The van der Waals surface area contributed by atoms with Crippen molar-refractivity contribution in [3.05, 3.63) is 39.7 Å².